The molecule has 1 aromatic carbocycles. The van der Waals surface area contributed by atoms with Crippen molar-refractivity contribution in [2.24, 2.45) is 0 Å². The van der Waals surface area contributed by atoms with Crippen molar-refractivity contribution in [2.45, 2.75) is 46.1 Å². The van der Waals surface area contributed by atoms with Gasteiger partial charge in [0.15, 0.2) is 5.78 Å². The first kappa shape index (κ1) is 14.5. The Morgan fingerprint density at radius 1 is 1.15 bits per heavy atom. The third-order valence-corrected chi connectivity index (χ3v) is 3.70. The molecule has 0 N–H and O–H groups in total. The molecule has 0 unspecified atom stereocenters. The van der Waals surface area contributed by atoms with E-state index >= 15 is 0 Å². The van der Waals surface area contributed by atoms with Gasteiger partial charge in [-0.05, 0) is 25.8 Å². The Labute approximate surface area is 120 Å². The molecule has 0 spiro atoms. The van der Waals surface area contributed by atoms with Crippen molar-refractivity contribution in [3.63, 3.8) is 0 Å². The number of hydrogen-bond acceptors (Lipinski definition) is 2. The molecular weight excluding hydrogens is 248 g/mol. The molecule has 106 valence electrons. The van der Waals surface area contributed by atoms with E-state index in [-0.39, 0.29) is 5.78 Å². The zero-order chi connectivity index (χ0) is 14.5. The quantitative estimate of drug-likeness (QED) is 0.744. The van der Waals surface area contributed by atoms with Crippen LogP contribution in [0.25, 0.3) is 0 Å². The van der Waals surface area contributed by atoms with Gasteiger partial charge in [0.1, 0.15) is 0 Å². The minimum atomic E-state index is 0.125. The molecule has 1 aromatic heterocycles. The molecule has 0 aliphatic rings. The summed E-state index contributed by atoms with van der Waals surface area (Å²) in [7, 11) is 0. The van der Waals surface area contributed by atoms with Gasteiger partial charge in [0.2, 0.25) is 0 Å². The molecule has 0 amide bonds. The third-order valence-electron chi connectivity index (χ3n) is 3.70. The molecule has 0 radical (unpaired) electrons. The summed E-state index contributed by atoms with van der Waals surface area (Å²) in [5, 5.41) is 4.53. The van der Waals surface area contributed by atoms with Crippen LogP contribution < -0.4 is 0 Å². The van der Waals surface area contributed by atoms with Crippen LogP contribution in [-0.2, 0) is 6.42 Å². The lowest BCUT2D eigenvalue weighted by Gasteiger charge is -2.12. The number of aromatic nitrogens is 2. The molecule has 2 aromatic rings. The normalized spacial score (nSPS) is 11.0. The molecule has 1 heterocycles. The average Bonchev–Trinajstić information content (AvgIpc) is 2.89. The molecule has 3 nitrogen and oxygen atoms in total. The number of hydrogen-bond donors (Lipinski definition) is 0. The van der Waals surface area contributed by atoms with Gasteiger partial charge in [-0.15, -0.1) is 0 Å². The predicted octanol–water partition coefficient (Wildman–Crippen LogP) is 3.98. The monoisotopic (exact) mass is 270 g/mol. The van der Waals surface area contributed by atoms with Crippen molar-refractivity contribution >= 4 is 5.78 Å². The van der Waals surface area contributed by atoms with E-state index in [1.165, 1.54) is 5.56 Å². The Balaban J connectivity index is 2.06. The lowest BCUT2D eigenvalue weighted by molar-refractivity contribution is 0.0991. The van der Waals surface area contributed by atoms with Gasteiger partial charge in [-0.1, -0.05) is 43.7 Å². The lowest BCUT2D eigenvalue weighted by Crippen LogP contribution is -2.09. The number of ketones is 1. The second-order valence-electron chi connectivity index (χ2n) is 5.22. The highest BCUT2D eigenvalue weighted by molar-refractivity contribution is 5.97. The molecule has 0 fully saturated rings. The summed E-state index contributed by atoms with van der Waals surface area (Å²) in [5.74, 6) is 0.125. The van der Waals surface area contributed by atoms with Crippen LogP contribution in [0, 0.1) is 6.92 Å². The molecule has 3 heteroatoms. The molecular formula is C17H22N2O. The number of rotatable bonds is 6. The Morgan fingerprint density at radius 2 is 1.80 bits per heavy atom. The van der Waals surface area contributed by atoms with Crippen LogP contribution in [0.3, 0.4) is 0 Å². The summed E-state index contributed by atoms with van der Waals surface area (Å²) < 4.78 is 1.98. The van der Waals surface area contributed by atoms with Gasteiger partial charge in [-0.25, -0.2) is 0 Å². The van der Waals surface area contributed by atoms with Crippen molar-refractivity contribution < 1.29 is 4.79 Å². The van der Waals surface area contributed by atoms with E-state index in [0.717, 1.165) is 24.1 Å². The number of carbonyl (C=O) groups excluding carboxylic acids is 1. The Hall–Kier alpha value is -1.90. The van der Waals surface area contributed by atoms with Gasteiger partial charge in [0.25, 0.3) is 0 Å². The fourth-order valence-corrected chi connectivity index (χ4v) is 2.34. The average molecular weight is 270 g/mol. The molecule has 0 aliphatic carbocycles. The number of aryl methyl sites for hydroxylation is 1. The standard InChI is InChI=1S/C17H22N2O/c1-4-16(5-2)19-11-10-15(18-19)12-17(20)14-8-6-13(3)7-9-14/h6-11,16H,4-5,12H2,1-3H3. The van der Waals surface area contributed by atoms with E-state index in [1.54, 1.807) is 0 Å². The zero-order valence-corrected chi connectivity index (χ0v) is 12.5. The molecule has 0 bridgehead atoms. The van der Waals surface area contributed by atoms with Crippen LogP contribution in [0.5, 0.6) is 0 Å². The van der Waals surface area contributed by atoms with Gasteiger partial charge >= 0.3 is 0 Å². The van der Waals surface area contributed by atoms with Gasteiger partial charge in [-0.3, -0.25) is 9.48 Å². The zero-order valence-electron chi connectivity index (χ0n) is 12.5. The molecule has 20 heavy (non-hydrogen) atoms. The minimum Gasteiger partial charge on any atom is -0.294 e. The summed E-state index contributed by atoms with van der Waals surface area (Å²) in [6.07, 6.45) is 4.47. The second-order valence-corrected chi connectivity index (χ2v) is 5.22. The van der Waals surface area contributed by atoms with Crippen LogP contribution >= 0.6 is 0 Å². The molecule has 2 rings (SSSR count). The number of Topliss-reactive ketones (excluding diaryl/α,β-unsaturated/α-hetero) is 1. The predicted molar refractivity (Wildman–Crippen MR) is 81.1 cm³/mol. The van der Waals surface area contributed by atoms with Crippen molar-refractivity contribution in [1.29, 1.82) is 0 Å². The Bertz CT molecular complexity index is 565. The van der Waals surface area contributed by atoms with E-state index in [4.69, 9.17) is 0 Å². The summed E-state index contributed by atoms with van der Waals surface area (Å²) in [4.78, 5) is 12.2. The van der Waals surface area contributed by atoms with Gasteiger partial charge in [-0.2, -0.15) is 5.10 Å². The maximum absolute atomic E-state index is 12.2. The first-order valence-corrected chi connectivity index (χ1v) is 7.28. The van der Waals surface area contributed by atoms with Crippen LogP contribution in [0.15, 0.2) is 36.5 Å². The molecule has 0 aliphatic heterocycles. The van der Waals surface area contributed by atoms with Crippen molar-refractivity contribution in [3.8, 4) is 0 Å². The van der Waals surface area contributed by atoms with Gasteiger partial charge < -0.3 is 0 Å². The van der Waals surface area contributed by atoms with Crippen LogP contribution in [0.4, 0.5) is 0 Å². The summed E-state index contributed by atoms with van der Waals surface area (Å²) in [6, 6.07) is 10.1. The smallest absolute Gasteiger partial charge is 0.168 e. The van der Waals surface area contributed by atoms with Crippen LogP contribution in [0.2, 0.25) is 0 Å². The fraction of sp³-hybridized carbons (Fsp3) is 0.412. The molecule has 0 atom stereocenters. The SMILES string of the molecule is CCC(CC)n1ccc(CC(=O)c2ccc(C)cc2)n1. The summed E-state index contributed by atoms with van der Waals surface area (Å²) >= 11 is 0. The fourth-order valence-electron chi connectivity index (χ4n) is 2.34. The third kappa shape index (κ3) is 3.35. The van der Waals surface area contributed by atoms with Crippen molar-refractivity contribution in [2.75, 3.05) is 0 Å². The Morgan fingerprint density at radius 3 is 2.40 bits per heavy atom. The van der Waals surface area contributed by atoms with Crippen LogP contribution in [0.1, 0.15) is 54.3 Å². The highest BCUT2D eigenvalue weighted by Gasteiger charge is 2.11. The second kappa shape index (κ2) is 6.51. The van der Waals surface area contributed by atoms with E-state index in [9.17, 15) is 4.79 Å². The lowest BCUT2D eigenvalue weighted by atomic mass is 10.1. The highest BCUT2D eigenvalue weighted by atomic mass is 16.1. The molecule has 0 saturated carbocycles. The number of benzene rings is 1. The van der Waals surface area contributed by atoms with E-state index in [2.05, 4.69) is 18.9 Å². The van der Waals surface area contributed by atoms with E-state index in [1.807, 2.05) is 48.1 Å². The van der Waals surface area contributed by atoms with E-state index < -0.39 is 0 Å². The topological polar surface area (TPSA) is 34.9 Å². The van der Waals surface area contributed by atoms with Crippen LogP contribution in [-0.4, -0.2) is 15.6 Å². The number of nitrogens with zero attached hydrogens (tertiary/aromatic N) is 2. The maximum atomic E-state index is 12.2. The highest BCUT2D eigenvalue weighted by Crippen LogP contribution is 2.15. The van der Waals surface area contributed by atoms with Gasteiger partial charge in [0.05, 0.1) is 18.2 Å². The number of carbonyl (C=O) groups is 1. The summed E-state index contributed by atoms with van der Waals surface area (Å²) in [5.41, 5.74) is 2.77. The largest absolute Gasteiger partial charge is 0.294 e. The minimum absolute atomic E-state index is 0.125. The maximum Gasteiger partial charge on any atom is 0.168 e. The first-order chi connectivity index (χ1) is 9.63. The Kier molecular flexibility index (Phi) is 4.72. The first-order valence-electron chi connectivity index (χ1n) is 7.28. The summed E-state index contributed by atoms with van der Waals surface area (Å²) in [6.45, 7) is 6.34. The molecule has 0 saturated heterocycles. The van der Waals surface area contributed by atoms with Crippen molar-refractivity contribution in [1.82, 2.24) is 9.78 Å². The van der Waals surface area contributed by atoms with Gasteiger partial charge in [0, 0.05) is 11.8 Å². The van der Waals surface area contributed by atoms with E-state index in [0.29, 0.717) is 12.5 Å². The van der Waals surface area contributed by atoms with Crippen molar-refractivity contribution in [3.05, 3.63) is 53.3 Å².